The summed E-state index contributed by atoms with van der Waals surface area (Å²) in [5, 5.41) is 8.35. The van der Waals surface area contributed by atoms with Gasteiger partial charge in [-0.2, -0.15) is 0 Å². The van der Waals surface area contributed by atoms with E-state index in [9.17, 15) is 0 Å². The minimum absolute atomic E-state index is 0.526. The van der Waals surface area contributed by atoms with Gasteiger partial charge >= 0.3 is 0 Å². The van der Waals surface area contributed by atoms with Gasteiger partial charge in [0, 0.05) is 24.7 Å². The summed E-state index contributed by atoms with van der Waals surface area (Å²) in [6, 6.07) is 8.88. The van der Waals surface area contributed by atoms with Crippen molar-refractivity contribution in [1.29, 1.82) is 5.41 Å². The quantitative estimate of drug-likeness (QED) is 0.864. The molecular formula is C15H21N3. The van der Waals surface area contributed by atoms with Crippen molar-refractivity contribution in [2.45, 2.75) is 32.4 Å². The van der Waals surface area contributed by atoms with E-state index in [1.54, 1.807) is 0 Å². The Morgan fingerprint density at radius 2 is 2.17 bits per heavy atom. The lowest BCUT2D eigenvalue weighted by atomic mass is 10.0. The van der Waals surface area contributed by atoms with Crippen LogP contribution >= 0.6 is 0 Å². The molecule has 2 aliphatic heterocycles. The second-order valence-corrected chi connectivity index (χ2v) is 5.32. The Hall–Kier alpha value is -1.35. The van der Waals surface area contributed by atoms with Gasteiger partial charge < -0.3 is 9.80 Å². The average Bonchev–Trinajstić information content (AvgIpc) is 2.77. The van der Waals surface area contributed by atoms with Crippen LogP contribution in [0.1, 0.15) is 30.9 Å². The first-order valence-electron chi connectivity index (χ1n) is 6.95. The van der Waals surface area contributed by atoms with Gasteiger partial charge in [-0.15, -0.1) is 0 Å². The number of likely N-dealkylation sites (N-methyl/N-ethyl adjacent to an activating group) is 1. The van der Waals surface area contributed by atoms with E-state index in [-0.39, 0.29) is 0 Å². The van der Waals surface area contributed by atoms with Crippen LogP contribution in [0.2, 0.25) is 0 Å². The monoisotopic (exact) mass is 243 g/mol. The lowest BCUT2D eigenvalue weighted by molar-refractivity contribution is 0.147. The highest BCUT2D eigenvalue weighted by Crippen LogP contribution is 2.27. The van der Waals surface area contributed by atoms with E-state index in [4.69, 9.17) is 5.41 Å². The van der Waals surface area contributed by atoms with Gasteiger partial charge in [-0.25, -0.2) is 0 Å². The molecule has 1 unspecified atom stereocenters. The van der Waals surface area contributed by atoms with Crippen LogP contribution in [0.15, 0.2) is 24.3 Å². The molecule has 1 fully saturated rings. The summed E-state index contributed by atoms with van der Waals surface area (Å²) >= 11 is 0. The van der Waals surface area contributed by atoms with E-state index in [0.29, 0.717) is 6.04 Å². The first kappa shape index (κ1) is 11.7. The van der Waals surface area contributed by atoms with Crippen LogP contribution in [-0.2, 0) is 6.54 Å². The van der Waals surface area contributed by atoms with Gasteiger partial charge in [-0.3, -0.25) is 5.41 Å². The standard InChI is InChI=1S/C15H21N3/c1-2-17-9-5-7-13(11-17)18-10-12-6-3-4-8-14(12)15(18)16/h3-4,6,8,13,16H,2,5,7,9-11H2,1H3. The summed E-state index contributed by atoms with van der Waals surface area (Å²) in [6.45, 7) is 6.63. The Balaban J connectivity index is 1.77. The lowest BCUT2D eigenvalue weighted by Crippen LogP contribution is -2.47. The number of nitrogens with zero attached hydrogens (tertiary/aromatic N) is 2. The molecule has 2 heterocycles. The minimum Gasteiger partial charge on any atom is -0.348 e. The summed E-state index contributed by atoms with van der Waals surface area (Å²) < 4.78 is 0. The molecule has 1 aromatic carbocycles. The molecular weight excluding hydrogens is 222 g/mol. The van der Waals surface area contributed by atoms with Gasteiger partial charge in [0.2, 0.25) is 0 Å². The smallest absolute Gasteiger partial charge is 0.129 e. The molecule has 2 aliphatic rings. The molecule has 0 saturated carbocycles. The van der Waals surface area contributed by atoms with Gasteiger partial charge in [0.25, 0.3) is 0 Å². The molecule has 0 bridgehead atoms. The Morgan fingerprint density at radius 1 is 1.33 bits per heavy atom. The Bertz CT molecular complexity index is 455. The Kier molecular flexibility index (Phi) is 3.08. The van der Waals surface area contributed by atoms with Crippen molar-refractivity contribution in [2.24, 2.45) is 0 Å². The minimum atomic E-state index is 0.526. The van der Waals surface area contributed by atoms with Gasteiger partial charge in [-0.05, 0) is 31.5 Å². The number of amidine groups is 1. The molecule has 18 heavy (non-hydrogen) atoms. The molecule has 0 aliphatic carbocycles. The number of benzene rings is 1. The van der Waals surface area contributed by atoms with E-state index >= 15 is 0 Å². The molecule has 3 nitrogen and oxygen atoms in total. The topological polar surface area (TPSA) is 30.3 Å². The third-order valence-electron chi connectivity index (χ3n) is 4.27. The van der Waals surface area contributed by atoms with Crippen molar-refractivity contribution < 1.29 is 0 Å². The van der Waals surface area contributed by atoms with Crippen LogP contribution in [0.5, 0.6) is 0 Å². The van der Waals surface area contributed by atoms with Crippen LogP contribution in [0.4, 0.5) is 0 Å². The number of piperidine rings is 1. The van der Waals surface area contributed by atoms with Crippen LogP contribution in [0, 0.1) is 5.41 Å². The summed E-state index contributed by atoms with van der Waals surface area (Å²) in [6.07, 6.45) is 2.49. The molecule has 1 atom stereocenters. The van der Waals surface area contributed by atoms with Crippen molar-refractivity contribution in [3.8, 4) is 0 Å². The molecule has 96 valence electrons. The van der Waals surface area contributed by atoms with Gasteiger partial charge in [0.1, 0.15) is 5.84 Å². The van der Waals surface area contributed by atoms with Crippen molar-refractivity contribution in [3.63, 3.8) is 0 Å². The van der Waals surface area contributed by atoms with Crippen molar-refractivity contribution in [2.75, 3.05) is 19.6 Å². The maximum atomic E-state index is 8.35. The van der Waals surface area contributed by atoms with Crippen LogP contribution in [0.25, 0.3) is 0 Å². The first-order valence-corrected chi connectivity index (χ1v) is 6.95. The molecule has 1 saturated heterocycles. The van der Waals surface area contributed by atoms with Crippen molar-refractivity contribution in [3.05, 3.63) is 35.4 Å². The third-order valence-corrected chi connectivity index (χ3v) is 4.27. The summed E-state index contributed by atoms with van der Waals surface area (Å²) in [7, 11) is 0. The molecule has 0 amide bonds. The average molecular weight is 243 g/mol. The van der Waals surface area contributed by atoms with E-state index in [0.717, 1.165) is 31.0 Å². The van der Waals surface area contributed by atoms with Crippen molar-refractivity contribution in [1.82, 2.24) is 9.80 Å². The highest BCUT2D eigenvalue weighted by atomic mass is 15.3. The zero-order valence-corrected chi connectivity index (χ0v) is 11.0. The van der Waals surface area contributed by atoms with E-state index in [1.165, 1.54) is 24.9 Å². The fourth-order valence-corrected chi connectivity index (χ4v) is 3.19. The molecule has 1 aromatic rings. The van der Waals surface area contributed by atoms with E-state index < -0.39 is 0 Å². The van der Waals surface area contributed by atoms with Crippen LogP contribution < -0.4 is 0 Å². The first-order chi connectivity index (χ1) is 8.79. The summed E-state index contributed by atoms with van der Waals surface area (Å²) in [4.78, 5) is 4.80. The third kappa shape index (κ3) is 1.93. The highest BCUT2D eigenvalue weighted by molar-refractivity contribution is 6.00. The second-order valence-electron chi connectivity index (χ2n) is 5.32. The molecule has 0 spiro atoms. The highest BCUT2D eigenvalue weighted by Gasteiger charge is 2.31. The number of hydrogen-bond acceptors (Lipinski definition) is 2. The summed E-state index contributed by atoms with van der Waals surface area (Å²) in [5.74, 6) is 0.730. The maximum absolute atomic E-state index is 8.35. The van der Waals surface area contributed by atoms with E-state index in [2.05, 4.69) is 34.9 Å². The summed E-state index contributed by atoms with van der Waals surface area (Å²) in [5.41, 5.74) is 2.45. The SMILES string of the molecule is CCN1CCCC(N2Cc3ccccc3C2=N)C1. The second kappa shape index (κ2) is 4.73. The Morgan fingerprint density at radius 3 is 2.94 bits per heavy atom. The van der Waals surface area contributed by atoms with Gasteiger partial charge in [0.05, 0.1) is 0 Å². The molecule has 3 heteroatoms. The van der Waals surface area contributed by atoms with Crippen molar-refractivity contribution >= 4 is 5.84 Å². The van der Waals surface area contributed by atoms with Gasteiger partial charge in [0.15, 0.2) is 0 Å². The largest absolute Gasteiger partial charge is 0.348 e. The molecule has 1 N–H and O–H groups in total. The Labute approximate surface area is 109 Å². The molecule has 0 aromatic heterocycles. The maximum Gasteiger partial charge on any atom is 0.129 e. The van der Waals surface area contributed by atoms with Gasteiger partial charge in [-0.1, -0.05) is 31.2 Å². The molecule has 0 radical (unpaired) electrons. The number of nitrogens with one attached hydrogen (secondary N) is 1. The number of rotatable bonds is 2. The fourth-order valence-electron chi connectivity index (χ4n) is 3.19. The van der Waals surface area contributed by atoms with Crippen LogP contribution in [0.3, 0.4) is 0 Å². The zero-order chi connectivity index (χ0) is 12.5. The lowest BCUT2D eigenvalue weighted by Gasteiger charge is -2.38. The molecule has 3 rings (SSSR count). The zero-order valence-electron chi connectivity index (χ0n) is 11.0. The fraction of sp³-hybridized carbons (Fsp3) is 0.533. The predicted molar refractivity (Wildman–Crippen MR) is 73.9 cm³/mol. The number of fused-ring (bicyclic) bond motifs is 1. The van der Waals surface area contributed by atoms with Crippen LogP contribution in [-0.4, -0.2) is 41.3 Å². The predicted octanol–water partition coefficient (Wildman–Crippen LogP) is 2.31. The normalized spacial score (nSPS) is 24.4. The van der Waals surface area contributed by atoms with E-state index in [1.807, 2.05) is 6.07 Å². The number of likely N-dealkylation sites (tertiary alicyclic amines) is 1. The number of hydrogen-bond donors (Lipinski definition) is 1.